The van der Waals surface area contributed by atoms with Crippen LogP contribution in [0.1, 0.15) is 36.2 Å². The molecule has 6 nitrogen and oxygen atoms in total. The van der Waals surface area contributed by atoms with Crippen LogP contribution in [0.5, 0.6) is 0 Å². The first-order valence-electron chi connectivity index (χ1n) is 9.09. The molecule has 1 aliphatic carbocycles. The van der Waals surface area contributed by atoms with E-state index < -0.39 is 10.0 Å². The Kier molecular flexibility index (Phi) is 5.01. The third kappa shape index (κ3) is 3.77. The number of hydrogen-bond acceptors (Lipinski definition) is 4. The van der Waals surface area contributed by atoms with E-state index in [-0.39, 0.29) is 22.9 Å². The summed E-state index contributed by atoms with van der Waals surface area (Å²) in [7, 11) is -3.58. The van der Waals surface area contributed by atoms with E-state index in [1.165, 1.54) is 6.26 Å². The van der Waals surface area contributed by atoms with Gasteiger partial charge in [-0.15, -0.1) is 0 Å². The third-order valence-corrected chi connectivity index (χ3v) is 7.41. The van der Waals surface area contributed by atoms with Gasteiger partial charge >= 0.3 is 0 Å². The van der Waals surface area contributed by atoms with Gasteiger partial charge in [-0.2, -0.15) is 4.31 Å². The van der Waals surface area contributed by atoms with Gasteiger partial charge in [0.25, 0.3) is 5.91 Å². The van der Waals surface area contributed by atoms with Crippen LogP contribution in [-0.4, -0.2) is 48.7 Å². The van der Waals surface area contributed by atoms with Crippen molar-refractivity contribution in [3.05, 3.63) is 53.4 Å². The molecule has 1 aromatic carbocycles. The minimum Gasteiger partial charge on any atom is -0.459 e. The smallest absolute Gasteiger partial charge is 0.289 e. The zero-order valence-electron chi connectivity index (χ0n) is 14.8. The molecule has 0 N–H and O–H groups in total. The number of rotatable bonds is 5. The largest absolute Gasteiger partial charge is 0.459 e. The summed E-state index contributed by atoms with van der Waals surface area (Å²) in [5.41, 5.74) is 0. The van der Waals surface area contributed by atoms with Gasteiger partial charge in [0, 0.05) is 30.2 Å². The molecule has 0 spiro atoms. The molecule has 1 aromatic heterocycles. The maximum Gasteiger partial charge on any atom is 0.289 e. The van der Waals surface area contributed by atoms with Crippen molar-refractivity contribution in [2.75, 3.05) is 13.1 Å². The summed E-state index contributed by atoms with van der Waals surface area (Å²) in [4.78, 5) is 14.4. The predicted octanol–water partition coefficient (Wildman–Crippen LogP) is 3.39. The molecule has 0 atom stereocenters. The summed E-state index contributed by atoms with van der Waals surface area (Å²) in [6, 6.07) is 9.62. The van der Waals surface area contributed by atoms with E-state index in [1.807, 2.05) is 0 Å². The van der Waals surface area contributed by atoms with Crippen molar-refractivity contribution >= 4 is 27.5 Å². The molecule has 1 saturated carbocycles. The van der Waals surface area contributed by atoms with Crippen LogP contribution in [0.2, 0.25) is 5.02 Å². The first-order chi connectivity index (χ1) is 13.0. The van der Waals surface area contributed by atoms with Crippen LogP contribution in [-0.2, 0) is 10.0 Å². The number of hydrogen-bond donors (Lipinski definition) is 0. The molecule has 8 heteroatoms. The Morgan fingerprint density at radius 3 is 2.22 bits per heavy atom. The average Bonchev–Trinajstić information content (AvgIpc) is 3.33. The van der Waals surface area contributed by atoms with E-state index >= 15 is 0 Å². The van der Waals surface area contributed by atoms with E-state index in [9.17, 15) is 13.2 Å². The SMILES string of the molecule is O=C(c1ccco1)N1CCC(N(C2CC2)S(=O)(=O)c2ccc(Cl)cc2)CC1. The first-order valence-corrected chi connectivity index (χ1v) is 10.9. The van der Waals surface area contributed by atoms with Crippen LogP contribution in [0.15, 0.2) is 52.0 Å². The van der Waals surface area contributed by atoms with Gasteiger partial charge in [-0.1, -0.05) is 11.6 Å². The molecule has 2 heterocycles. The molecule has 2 aromatic rings. The van der Waals surface area contributed by atoms with Crippen LogP contribution in [0.25, 0.3) is 0 Å². The second-order valence-electron chi connectivity index (χ2n) is 7.02. The summed E-state index contributed by atoms with van der Waals surface area (Å²) < 4.78 is 33.3. The van der Waals surface area contributed by atoms with Crippen molar-refractivity contribution < 1.29 is 17.6 Å². The lowest BCUT2D eigenvalue weighted by atomic mass is 10.0. The van der Waals surface area contributed by atoms with E-state index in [0.29, 0.717) is 36.7 Å². The quantitative estimate of drug-likeness (QED) is 0.760. The highest BCUT2D eigenvalue weighted by Crippen LogP contribution is 2.37. The van der Waals surface area contributed by atoms with Gasteiger partial charge in [0.15, 0.2) is 5.76 Å². The van der Waals surface area contributed by atoms with Crippen LogP contribution >= 0.6 is 11.6 Å². The number of carbonyl (C=O) groups excluding carboxylic acids is 1. The molecule has 1 saturated heterocycles. The molecule has 144 valence electrons. The number of carbonyl (C=O) groups is 1. The number of nitrogens with zero attached hydrogens (tertiary/aromatic N) is 2. The van der Waals surface area contributed by atoms with Gasteiger partial charge in [-0.3, -0.25) is 4.79 Å². The maximum atomic E-state index is 13.2. The molecule has 2 fully saturated rings. The summed E-state index contributed by atoms with van der Waals surface area (Å²) in [5, 5.41) is 0.511. The van der Waals surface area contributed by atoms with E-state index in [4.69, 9.17) is 16.0 Å². The van der Waals surface area contributed by atoms with Gasteiger partial charge in [0.1, 0.15) is 0 Å². The molecule has 1 aliphatic heterocycles. The lowest BCUT2D eigenvalue weighted by molar-refractivity contribution is 0.0644. The Labute approximate surface area is 163 Å². The molecular weight excluding hydrogens is 388 g/mol. The Balaban J connectivity index is 1.49. The zero-order chi connectivity index (χ0) is 19.0. The predicted molar refractivity (Wildman–Crippen MR) is 101 cm³/mol. The summed E-state index contributed by atoms with van der Waals surface area (Å²) in [6.07, 6.45) is 4.50. The van der Waals surface area contributed by atoms with Gasteiger partial charge < -0.3 is 9.32 Å². The molecular formula is C19H21ClN2O4S. The third-order valence-electron chi connectivity index (χ3n) is 5.14. The number of sulfonamides is 1. The highest BCUT2D eigenvalue weighted by Gasteiger charge is 2.43. The fraction of sp³-hybridized carbons (Fsp3) is 0.421. The average molecular weight is 409 g/mol. The zero-order valence-corrected chi connectivity index (χ0v) is 16.3. The monoisotopic (exact) mass is 408 g/mol. The topological polar surface area (TPSA) is 70.8 Å². The number of amides is 1. The minimum atomic E-state index is -3.58. The Morgan fingerprint density at radius 1 is 1.04 bits per heavy atom. The number of furan rings is 1. The fourth-order valence-electron chi connectivity index (χ4n) is 3.63. The molecule has 0 unspecified atom stereocenters. The van der Waals surface area contributed by atoms with Gasteiger partial charge in [0.2, 0.25) is 10.0 Å². The molecule has 2 aliphatic rings. The van der Waals surface area contributed by atoms with Crippen molar-refractivity contribution in [3.8, 4) is 0 Å². The molecule has 27 heavy (non-hydrogen) atoms. The molecule has 0 bridgehead atoms. The van der Waals surface area contributed by atoms with Crippen LogP contribution in [0.3, 0.4) is 0 Å². The van der Waals surface area contributed by atoms with Gasteiger partial charge in [-0.05, 0) is 62.1 Å². The van der Waals surface area contributed by atoms with Crippen molar-refractivity contribution in [1.29, 1.82) is 0 Å². The molecule has 0 radical (unpaired) electrons. The normalized spacial score (nSPS) is 18.8. The summed E-state index contributed by atoms with van der Waals surface area (Å²) >= 11 is 5.90. The fourth-order valence-corrected chi connectivity index (χ4v) is 5.68. The second-order valence-corrected chi connectivity index (χ2v) is 9.30. The molecule has 4 rings (SSSR count). The minimum absolute atomic E-state index is 0.0583. The number of halogens is 1. The maximum absolute atomic E-state index is 13.2. The van der Waals surface area contributed by atoms with Crippen molar-refractivity contribution in [1.82, 2.24) is 9.21 Å². The van der Waals surface area contributed by atoms with Crippen molar-refractivity contribution in [2.45, 2.75) is 42.7 Å². The van der Waals surface area contributed by atoms with E-state index in [2.05, 4.69) is 0 Å². The highest BCUT2D eigenvalue weighted by atomic mass is 35.5. The Bertz CT molecular complexity index is 900. The Morgan fingerprint density at radius 2 is 1.67 bits per heavy atom. The standard InChI is InChI=1S/C19H21ClN2O4S/c20-14-3-7-17(8-4-14)27(24,25)22(15-5-6-15)16-9-11-21(12-10-16)19(23)18-2-1-13-26-18/h1-4,7-8,13,15-16H,5-6,9-12H2. The van der Waals surface area contributed by atoms with Gasteiger partial charge in [0.05, 0.1) is 11.2 Å². The number of piperidine rings is 1. The summed E-state index contributed by atoms with van der Waals surface area (Å²) in [5.74, 6) is 0.179. The van der Waals surface area contributed by atoms with Crippen molar-refractivity contribution in [3.63, 3.8) is 0 Å². The lowest BCUT2D eigenvalue weighted by Crippen LogP contribution is -2.49. The highest BCUT2D eigenvalue weighted by molar-refractivity contribution is 7.89. The van der Waals surface area contributed by atoms with Crippen molar-refractivity contribution in [2.24, 2.45) is 0 Å². The first kappa shape index (κ1) is 18.5. The van der Waals surface area contributed by atoms with Gasteiger partial charge in [-0.25, -0.2) is 8.42 Å². The number of benzene rings is 1. The lowest BCUT2D eigenvalue weighted by Gasteiger charge is -2.37. The van der Waals surface area contributed by atoms with Crippen LogP contribution < -0.4 is 0 Å². The van der Waals surface area contributed by atoms with Crippen LogP contribution in [0.4, 0.5) is 0 Å². The summed E-state index contributed by atoms with van der Waals surface area (Å²) in [6.45, 7) is 1.03. The number of likely N-dealkylation sites (tertiary alicyclic amines) is 1. The Hall–Kier alpha value is -1.83. The van der Waals surface area contributed by atoms with E-state index in [1.54, 1.807) is 45.6 Å². The van der Waals surface area contributed by atoms with Crippen LogP contribution in [0, 0.1) is 0 Å². The molecule has 1 amide bonds. The van der Waals surface area contributed by atoms with E-state index in [0.717, 1.165) is 12.8 Å². The second kappa shape index (κ2) is 7.30.